The Morgan fingerprint density at radius 3 is 2.37 bits per heavy atom. The average molecular weight is 545 g/mol. The van der Waals surface area contributed by atoms with Crippen LogP contribution in [-0.4, -0.2) is 61.5 Å². The van der Waals surface area contributed by atoms with E-state index in [1.807, 2.05) is 37.3 Å². The van der Waals surface area contributed by atoms with Crippen molar-refractivity contribution in [1.29, 1.82) is 0 Å². The maximum atomic E-state index is 13.7. The maximum absolute atomic E-state index is 13.7. The molecular weight excluding hydrogens is 508 g/mol. The Morgan fingerprint density at radius 1 is 1.08 bits per heavy atom. The molecule has 2 aromatic carbocycles. The highest BCUT2D eigenvalue weighted by atomic mass is 32.2. The first-order valence-corrected chi connectivity index (χ1v) is 14.8. The number of nitrogens with zero attached hydrogens (tertiary/aromatic N) is 3. The van der Waals surface area contributed by atoms with Crippen LogP contribution in [0.5, 0.6) is 0 Å². The number of amides is 2. The summed E-state index contributed by atoms with van der Waals surface area (Å²) >= 11 is 0. The monoisotopic (exact) mass is 544 g/mol. The third-order valence-corrected chi connectivity index (χ3v) is 7.97. The minimum atomic E-state index is -3.97. The highest BCUT2D eigenvalue weighted by Gasteiger charge is 2.32. The van der Waals surface area contributed by atoms with Crippen LogP contribution < -0.4 is 9.62 Å². The minimum absolute atomic E-state index is 0.0118. The summed E-state index contributed by atoms with van der Waals surface area (Å²) in [6, 6.07) is 14.0. The predicted molar refractivity (Wildman–Crippen MR) is 146 cm³/mol. The van der Waals surface area contributed by atoms with Gasteiger partial charge < -0.3 is 10.2 Å². The number of hydrogen-bond donors (Lipinski definition) is 1. The van der Waals surface area contributed by atoms with Gasteiger partial charge in [0.05, 0.1) is 16.9 Å². The van der Waals surface area contributed by atoms with E-state index in [9.17, 15) is 28.1 Å². The van der Waals surface area contributed by atoms with Gasteiger partial charge in [-0.1, -0.05) is 62.6 Å². The zero-order chi connectivity index (χ0) is 27.7. The van der Waals surface area contributed by atoms with Crippen LogP contribution in [0.4, 0.5) is 11.4 Å². The van der Waals surface area contributed by atoms with Crippen LogP contribution in [0.3, 0.4) is 0 Å². The van der Waals surface area contributed by atoms with Crippen molar-refractivity contribution in [3.8, 4) is 0 Å². The Balaban J connectivity index is 1.88. The number of sulfonamides is 1. The van der Waals surface area contributed by atoms with Crippen molar-refractivity contribution < 1.29 is 22.9 Å². The number of rotatable bonds is 12. The number of nitrogens with one attached hydrogen (secondary N) is 1. The van der Waals surface area contributed by atoms with Gasteiger partial charge in [0.2, 0.25) is 21.8 Å². The fourth-order valence-corrected chi connectivity index (χ4v) is 5.66. The Kier molecular flexibility index (Phi) is 10.2. The van der Waals surface area contributed by atoms with Crippen molar-refractivity contribution in [2.24, 2.45) is 0 Å². The quantitative estimate of drug-likeness (QED) is 0.321. The Hall–Kier alpha value is -3.47. The van der Waals surface area contributed by atoms with E-state index < -0.39 is 33.4 Å². The van der Waals surface area contributed by atoms with Crippen LogP contribution in [0.1, 0.15) is 51.0 Å². The number of carbonyl (C=O) groups is 2. The van der Waals surface area contributed by atoms with Gasteiger partial charge in [0.1, 0.15) is 12.6 Å². The van der Waals surface area contributed by atoms with Crippen LogP contribution in [0.2, 0.25) is 0 Å². The molecule has 1 aliphatic rings. The molecule has 0 aliphatic heterocycles. The Morgan fingerprint density at radius 2 is 1.76 bits per heavy atom. The molecule has 1 aliphatic carbocycles. The molecule has 1 fully saturated rings. The molecule has 0 bridgehead atoms. The lowest BCUT2D eigenvalue weighted by Gasteiger charge is -2.34. The second-order valence-corrected chi connectivity index (χ2v) is 11.5. The molecule has 1 atom stereocenters. The molecule has 1 unspecified atom stereocenters. The van der Waals surface area contributed by atoms with E-state index >= 15 is 0 Å². The van der Waals surface area contributed by atoms with Crippen LogP contribution >= 0.6 is 0 Å². The van der Waals surface area contributed by atoms with Gasteiger partial charge in [-0.05, 0) is 37.3 Å². The number of carbonyl (C=O) groups excluding carboxylic acids is 2. The SMILES string of the molecule is CCC(C(=O)NC1CCCCC1)N(CCc1ccccc1)C(=O)CN(c1cccc([N+](=O)[O-])c1)S(C)(=O)=O. The number of nitro benzene ring substituents is 1. The predicted octanol–water partition coefficient (Wildman–Crippen LogP) is 3.66. The molecule has 1 N–H and O–H groups in total. The molecule has 1 saturated carbocycles. The van der Waals surface area contributed by atoms with Gasteiger partial charge in [-0.2, -0.15) is 0 Å². The molecule has 0 saturated heterocycles. The van der Waals surface area contributed by atoms with E-state index in [-0.39, 0.29) is 29.9 Å². The lowest BCUT2D eigenvalue weighted by molar-refractivity contribution is -0.384. The average Bonchev–Trinajstić information content (AvgIpc) is 2.90. The van der Waals surface area contributed by atoms with Gasteiger partial charge in [-0.15, -0.1) is 0 Å². The zero-order valence-electron chi connectivity index (χ0n) is 21.9. The van der Waals surface area contributed by atoms with Gasteiger partial charge in [0, 0.05) is 24.7 Å². The van der Waals surface area contributed by atoms with Crippen molar-refractivity contribution in [3.05, 3.63) is 70.3 Å². The van der Waals surface area contributed by atoms with E-state index in [1.165, 1.54) is 23.1 Å². The highest BCUT2D eigenvalue weighted by molar-refractivity contribution is 7.92. The summed E-state index contributed by atoms with van der Waals surface area (Å²) in [5.41, 5.74) is 0.701. The summed E-state index contributed by atoms with van der Waals surface area (Å²) in [5.74, 6) is -0.800. The van der Waals surface area contributed by atoms with Crippen LogP contribution in [0.15, 0.2) is 54.6 Å². The number of hydrogen-bond acceptors (Lipinski definition) is 6. The van der Waals surface area contributed by atoms with Gasteiger partial charge in [-0.25, -0.2) is 8.42 Å². The smallest absolute Gasteiger partial charge is 0.271 e. The third-order valence-electron chi connectivity index (χ3n) is 6.83. The Bertz CT molecular complexity index is 1220. The number of benzene rings is 2. The van der Waals surface area contributed by atoms with Crippen molar-refractivity contribution in [2.45, 2.75) is 64.0 Å². The Labute approximate surface area is 224 Å². The molecule has 38 heavy (non-hydrogen) atoms. The molecule has 0 aromatic heterocycles. The first-order valence-electron chi connectivity index (χ1n) is 13.0. The molecule has 0 radical (unpaired) electrons. The van der Waals surface area contributed by atoms with Gasteiger partial charge in [-0.3, -0.25) is 24.0 Å². The molecule has 3 rings (SSSR count). The van der Waals surface area contributed by atoms with Crippen molar-refractivity contribution in [2.75, 3.05) is 23.7 Å². The summed E-state index contributed by atoms with van der Waals surface area (Å²) in [5, 5.41) is 14.4. The summed E-state index contributed by atoms with van der Waals surface area (Å²) in [4.78, 5) is 39.2. The van der Waals surface area contributed by atoms with Crippen molar-refractivity contribution >= 4 is 33.2 Å². The van der Waals surface area contributed by atoms with Crippen LogP contribution in [0.25, 0.3) is 0 Å². The van der Waals surface area contributed by atoms with Crippen molar-refractivity contribution in [1.82, 2.24) is 10.2 Å². The summed E-state index contributed by atoms with van der Waals surface area (Å²) in [7, 11) is -3.97. The van der Waals surface area contributed by atoms with E-state index in [4.69, 9.17) is 0 Å². The van der Waals surface area contributed by atoms with Crippen LogP contribution in [0, 0.1) is 10.1 Å². The number of nitro groups is 1. The molecule has 206 valence electrons. The van der Waals surface area contributed by atoms with E-state index in [0.29, 0.717) is 12.8 Å². The van der Waals surface area contributed by atoms with Gasteiger partial charge in [0.25, 0.3) is 5.69 Å². The molecule has 0 heterocycles. The summed E-state index contributed by atoms with van der Waals surface area (Å²) in [6.07, 6.45) is 6.81. The number of non-ortho nitro benzene ring substituents is 1. The zero-order valence-corrected chi connectivity index (χ0v) is 22.7. The second kappa shape index (κ2) is 13.4. The first kappa shape index (κ1) is 29.1. The fourth-order valence-electron chi connectivity index (χ4n) is 4.82. The summed E-state index contributed by atoms with van der Waals surface area (Å²) < 4.78 is 26.2. The third kappa shape index (κ3) is 8.01. The molecule has 2 aromatic rings. The van der Waals surface area contributed by atoms with Crippen LogP contribution in [-0.2, 0) is 26.0 Å². The van der Waals surface area contributed by atoms with E-state index in [0.717, 1.165) is 54.3 Å². The molecule has 11 heteroatoms. The molecule has 2 amide bonds. The van der Waals surface area contributed by atoms with E-state index in [1.54, 1.807) is 0 Å². The highest BCUT2D eigenvalue weighted by Crippen LogP contribution is 2.24. The molecule has 0 spiro atoms. The molecular formula is C27H36N4O6S. The van der Waals surface area contributed by atoms with Gasteiger partial charge in [0.15, 0.2) is 0 Å². The largest absolute Gasteiger partial charge is 0.352 e. The normalized spacial score (nSPS) is 14.9. The second-order valence-electron chi connectivity index (χ2n) is 9.64. The van der Waals surface area contributed by atoms with Gasteiger partial charge >= 0.3 is 0 Å². The summed E-state index contributed by atoms with van der Waals surface area (Å²) in [6.45, 7) is 1.46. The lowest BCUT2D eigenvalue weighted by atomic mass is 9.95. The van der Waals surface area contributed by atoms with Crippen molar-refractivity contribution in [3.63, 3.8) is 0 Å². The van der Waals surface area contributed by atoms with E-state index in [2.05, 4.69) is 5.32 Å². The lowest BCUT2D eigenvalue weighted by Crippen LogP contribution is -2.54. The standard InChI is InChI=1S/C27H36N4O6S/c1-3-25(27(33)28-22-13-8-5-9-14-22)29(18-17-21-11-6-4-7-12-21)26(32)20-30(38(2,36)37)23-15-10-16-24(19-23)31(34)35/h4,6-7,10-12,15-16,19,22,25H,3,5,8-9,13-14,17-18,20H2,1-2H3,(H,28,33). The minimum Gasteiger partial charge on any atom is -0.352 e. The molecule has 10 nitrogen and oxygen atoms in total. The number of anilines is 1. The topological polar surface area (TPSA) is 130 Å². The maximum Gasteiger partial charge on any atom is 0.271 e. The first-order chi connectivity index (χ1) is 18.1. The fraction of sp³-hybridized carbons (Fsp3) is 0.481.